The molecule has 1 unspecified atom stereocenters. The molecule has 4 nitrogen and oxygen atoms in total. The Balaban J connectivity index is 3.10. The number of methoxy groups -OCH3 is 1. The van der Waals surface area contributed by atoms with Gasteiger partial charge in [0.05, 0.1) is 21.5 Å². The largest absolute Gasteiger partial charge is 0.377 e. The maximum absolute atomic E-state index is 5.87. The van der Waals surface area contributed by atoms with Crippen LogP contribution < -0.4 is 5.32 Å². The van der Waals surface area contributed by atoms with Crippen LogP contribution in [0.15, 0.2) is 4.47 Å². The molecule has 1 rings (SSSR count). The SMILES string of the molecule is CCn1nc(C)c(Br)c1CC(NC)C(CC)(CC)OC. The summed E-state index contributed by atoms with van der Waals surface area (Å²) >= 11 is 3.68. The monoisotopic (exact) mass is 345 g/mol. The highest BCUT2D eigenvalue weighted by Crippen LogP contribution is 2.29. The van der Waals surface area contributed by atoms with Crippen LogP contribution in [0, 0.1) is 6.92 Å². The molecule has 1 atom stereocenters. The van der Waals surface area contributed by atoms with Gasteiger partial charge >= 0.3 is 0 Å². The Bertz CT molecular complexity index is 419. The van der Waals surface area contributed by atoms with E-state index in [0.29, 0.717) is 0 Å². The average Bonchev–Trinajstić information content (AvgIpc) is 2.75. The third-order valence-corrected chi connectivity index (χ3v) is 5.47. The number of ether oxygens (including phenoxy) is 1. The summed E-state index contributed by atoms with van der Waals surface area (Å²) in [6.45, 7) is 9.43. The Morgan fingerprint density at radius 3 is 2.35 bits per heavy atom. The minimum atomic E-state index is -0.134. The summed E-state index contributed by atoms with van der Waals surface area (Å²) in [5.74, 6) is 0. The van der Waals surface area contributed by atoms with Gasteiger partial charge in [0.15, 0.2) is 0 Å². The van der Waals surface area contributed by atoms with E-state index in [1.165, 1.54) is 5.69 Å². The summed E-state index contributed by atoms with van der Waals surface area (Å²) in [7, 11) is 3.83. The quantitative estimate of drug-likeness (QED) is 0.785. The molecule has 116 valence electrons. The van der Waals surface area contributed by atoms with Crippen molar-refractivity contribution in [3.8, 4) is 0 Å². The van der Waals surface area contributed by atoms with E-state index in [-0.39, 0.29) is 11.6 Å². The number of nitrogens with zero attached hydrogens (tertiary/aromatic N) is 2. The lowest BCUT2D eigenvalue weighted by molar-refractivity contribution is -0.0458. The molecule has 1 N–H and O–H groups in total. The second-order valence-electron chi connectivity index (χ2n) is 5.18. The third kappa shape index (κ3) is 3.26. The summed E-state index contributed by atoms with van der Waals surface area (Å²) in [6, 6.07) is 0.264. The molecular weight excluding hydrogens is 318 g/mol. The van der Waals surface area contributed by atoms with Crippen LogP contribution in [0.4, 0.5) is 0 Å². The zero-order chi connectivity index (χ0) is 15.3. The van der Waals surface area contributed by atoms with Crippen LogP contribution in [0.2, 0.25) is 0 Å². The van der Waals surface area contributed by atoms with Gasteiger partial charge in [-0.2, -0.15) is 5.10 Å². The molecule has 0 fully saturated rings. The van der Waals surface area contributed by atoms with Gasteiger partial charge in [0, 0.05) is 26.1 Å². The number of rotatable bonds is 8. The average molecular weight is 346 g/mol. The predicted molar refractivity (Wildman–Crippen MR) is 87.2 cm³/mol. The first kappa shape index (κ1) is 17.7. The van der Waals surface area contributed by atoms with E-state index < -0.39 is 0 Å². The Kier molecular flexibility index (Phi) is 6.69. The standard InChI is InChI=1S/C15H28BrN3O/c1-7-15(8-2,20-6)13(17-5)10-12-14(16)11(4)18-19(12)9-3/h13,17H,7-10H2,1-6H3. The Labute approximate surface area is 131 Å². The van der Waals surface area contributed by atoms with Crippen LogP contribution in [-0.4, -0.2) is 35.6 Å². The van der Waals surface area contributed by atoms with Crippen molar-refractivity contribution in [1.82, 2.24) is 15.1 Å². The maximum Gasteiger partial charge on any atom is 0.0829 e. The highest BCUT2D eigenvalue weighted by atomic mass is 79.9. The van der Waals surface area contributed by atoms with Gasteiger partial charge in [0.25, 0.3) is 0 Å². The maximum atomic E-state index is 5.87. The molecule has 1 aromatic heterocycles. The molecule has 1 aromatic rings. The molecule has 0 aliphatic carbocycles. The van der Waals surface area contributed by atoms with Crippen molar-refractivity contribution in [2.24, 2.45) is 0 Å². The molecular formula is C15H28BrN3O. The van der Waals surface area contributed by atoms with Gasteiger partial charge in [-0.1, -0.05) is 13.8 Å². The van der Waals surface area contributed by atoms with Crippen LogP contribution in [-0.2, 0) is 17.7 Å². The first-order chi connectivity index (χ1) is 9.49. The lowest BCUT2D eigenvalue weighted by atomic mass is 9.85. The van der Waals surface area contributed by atoms with Crippen molar-refractivity contribution in [3.05, 3.63) is 15.9 Å². The number of hydrogen-bond donors (Lipinski definition) is 1. The summed E-state index contributed by atoms with van der Waals surface area (Å²) in [4.78, 5) is 0. The van der Waals surface area contributed by atoms with Gasteiger partial charge < -0.3 is 10.1 Å². The van der Waals surface area contributed by atoms with Gasteiger partial charge in [-0.3, -0.25) is 4.68 Å². The van der Waals surface area contributed by atoms with E-state index in [2.05, 4.69) is 51.8 Å². The molecule has 0 saturated heterocycles. The molecule has 0 aliphatic heterocycles. The minimum Gasteiger partial charge on any atom is -0.377 e. The zero-order valence-electron chi connectivity index (χ0n) is 13.6. The van der Waals surface area contributed by atoms with Gasteiger partial charge in [0.2, 0.25) is 0 Å². The molecule has 0 aromatic carbocycles. The van der Waals surface area contributed by atoms with E-state index in [4.69, 9.17) is 4.74 Å². The first-order valence-electron chi connectivity index (χ1n) is 7.43. The van der Waals surface area contributed by atoms with Gasteiger partial charge in [0.1, 0.15) is 0 Å². The minimum absolute atomic E-state index is 0.134. The van der Waals surface area contributed by atoms with Crippen LogP contribution in [0.5, 0.6) is 0 Å². The number of aromatic nitrogens is 2. The Morgan fingerprint density at radius 2 is 1.95 bits per heavy atom. The Hall–Kier alpha value is -0.390. The van der Waals surface area contributed by atoms with Crippen LogP contribution in [0.25, 0.3) is 0 Å². The van der Waals surface area contributed by atoms with Crippen molar-refractivity contribution in [2.75, 3.05) is 14.2 Å². The van der Waals surface area contributed by atoms with Gasteiger partial charge in [-0.15, -0.1) is 0 Å². The van der Waals surface area contributed by atoms with Crippen LogP contribution >= 0.6 is 15.9 Å². The number of aryl methyl sites for hydroxylation is 2. The van der Waals surface area contributed by atoms with Crippen molar-refractivity contribution in [2.45, 2.75) is 65.1 Å². The van der Waals surface area contributed by atoms with Crippen LogP contribution in [0.1, 0.15) is 45.0 Å². The van der Waals surface area contributed by atoms with E-state index in [1.54, 1.807) is 0 Å². The molecule has 0 bridgehead atoms. The number of likely N-dealkylation sites (N-methyl/N-ethyl adjacent to an activating group) is 1. The molecule has 0 amide bonds. The van der Waals surface area contributed by atoms with Crippen molar-refractivity contribution < 1.29 is 4.74 Å². The zero-order valence-corrected chi connectivity index (χ0v) is 15.2. The topological polar surface area (TPSA) is 39.1 Å². The summed E-state index contributed by atoms with van der Waals surface area (Å²) in [5, 5.41) is 8.02. The Morgan fingerprint density at radius 1 is 1.35 bits per heavy atom. The van der Waals surface area contributed by atoms with Crippen molar-refractivity contribution in [3.63, 3.8) is 0 Å². The number of hydrogen-bond acceptors (Lipinski definition) is 3. The summed E-state index contributed by atoms with van der Waals surface area (Å²) < 4.78 is 9.08. The lowest BCUT2D eigenvalue weighted by Crippen LogP contribution is -2.51. The summed E-state index contributed by atoms with van der Waals surface area (Å²) in [6.07, 6.45) is 2.88. The molecule has 5 heteroatoms. The highest BCUT2D eigenvalue weighted by molar-refractivity contribution is 9.10. The fourth-order valence-corrected chi connectivity index (χ4v) is 3.43. The smallest absolute Gasteiger partial charge is 0.0829 e. The fraction of sp³-hybridized carbons (Fsp3) is 0.800. The van der Waals surface area contributed by atoms with E-state index in [1.807, 2.05) is 21.1 Å². The van der Waals surface area contributed by atoms with Crippen molar-refractivity contribution >= 4 is 15.9 Å². The van der Waals surface area contributed by atoms with Gasteiger partial charge in [-0.05, 0) is 49.7 Å². The number of nitrogens with one attached hydrogen (secondary N) is 1. The normalized spacial score (nSPS) is 13.8. The molecule has 0 saturated carbocycles. The number of halogens is 1. The van der Waals surface area contributed by atoms with Crippen molar-refractivity contribution in [1.29, 1.82) is 0 Å². The van der Waals surface area contributed by atoms with E-state index in [9.17, 15) is 0 Å². The summed E-state index contributed by atoms with van der Waals surface area (Å²) in [5.41, 5.74) is 2.16. The third-order valence-electron chi connectivity index (χ3n) is 4.44. The van der Waals surface area contributed by atoms with E-state index in [0.717, 1.165) is 36.0 Å². The second-order valence-corrected chi connectivity index (χ2v) is 5.98. The second kappa shape index (κ2) is 7.57. The van der Waals surface area contributed by atoms with Gasteiger partial charge in [-0.25, -0.2) is 0 Å². The molecule has 0 aliphatic rings. The molecule has 0 spiro atoms. The molecule has 1 heterocycles. The molecule has 20 heavy (non-hydrogen) atoms. The lowest BCUT2D eigenvalue weighted by Gasteiger charge is -2.38. The fourth-order valence-electron chi connectivity index (χ4n) is 2.98. The molecule has 0 radical (unpaired) electrons. The van der Waals surface area contributed by atoms with E-state index >= 15 is 0 Å². The predicted octanol–water partition coefficient (Wildman–Crippen LogP) is 3.31. The first-order valence-corrected chi connectivity index (χ1v) is 8.23. The highest BCUT2D eigenvalue weighted by Gasteiger charge is 2.36. The van der Waals surface area contributed by atoms with Crippen LogP contribution in [0.3, 0.4) is 0 Å².